The van der Waals surface area contributed by atoms with Crippen LogP contribution in [0.2, 0.25) is 0 Å². The van der Waals surface area contributed by atoms with Crippen LogP contribution in [0.25, 0.3) is 0 Å². The van der Waals surface area contributed by atoms with E-state index in [0.717, 1.165) is 25.8 Å². The highest BCUT2D eigenvalue weighted by Gasteiger charge is 2.47. The number of carbonyl (C=O) groups excluding carboxylic acids is 1. The van der Waals surface area contributed by atoms with Crippen molar-refractivity contribution in [1.29, 1.82) is 0 Å². The Morgan fingerprint density at radius 3 is 2.38 bits per heavy atom. The Kier molecular flexibility index (Phi) is 5.44. The van der Waals surface area contributed by atoms with Crippen LogP contribution in [0.1, 0.15) is 69.2 Å². The van der Waals surface area contributed by atoms with Gasteiger partial charge < -0.3 is 10.1 Å². The minimum atomic E-state index is -0.433. The summed E-state index contributed by atoms with van der Waals surface area (Å²) in [6, 6.07) is 4.63. The van der Waals surface area contributed by atoms with Gasteiger partial charge in [0, 0.05) is 12.6 Å². The molecule has 0 saturated heterocycles. The number of rotatable bonds is 4. The van der Waals surface area contributed by atoms with E-state index in [0.29, 0.717) is 0 Å². The molecule has 1 N–H and O–H groups in total. The van der Waals surface area contributed by atoms with Gasteiger partial charge in [-0.15, -0.1) is 0 Å². The van der Waals surface area contributed by atoms with Gasteiger partial charge in [0.2, 0.25) is 0 Å². The standard InChI is InChI=1S/C21H33NO2/c1-14-11-15(2)17(16(3)12-14)13-22-18-9-8-10-21(18,7)19(23)24-20(4,5)6/h11-12,18,22H,8-10,13H2,1-7H3/t18-,21+/m0/s1. The van der Waals surface area contributed by atoms with E-state index in [1.165, 1.54) is 22.3 Å². The van der Waals surface area contributed by atoms with Crippen LogP contribution >= 0.6 is 0 Å². The Labute approximate surface area is 147 Å². The molecule has 0 aliphatic heterocycles. The summed E-state index contributed by atoms with van der Waals surface area (Å²) in [4.78, 5) is 12.7. The molecule has 2 rings (SSSR count). The maximum Gasteiger partial charge on any atom is 0.313 e. The van der Waals surface area contributed by atoms with Crippen LogP contribution in [0.15, 0.2) is 12.1 Å². The molecule has 0 amide bonds. The predicted molar refractivity (Wildman–Crippen MR) is 99.1 cm³/mol. The lowest BCUT2D eigenvalue weighted by atomic mass is 9.84. The smallest absolute Gasteiger partial charge is 0.313 e. The van der Waals surface area contributed by atoms with Crippen LogP contribution in [0.3, 0.4) is 0 Å². The summed E-state index contributed by atoms with van der Waals surface area (Å²) in [5, 5.41) is 3.66. The largest absolute Gasteiger partial charge is 0.460 e. The number of nitrogens with one attached hydrogen (secondary N) is 1. The molecule has 1 aliphatic carbocycles. The molecule has 1 aromatic carbocycles. The van der Waals surface area contributed by atoms with Crippen molar-refractivity contribution in [3.05, 3.63) is 34.4 Å². The van der Waals surface area contributed by atoms with Crippen molar-refractivity contribution in [1.82, 2.24) is 5.32 Å². The van der Waals surface area contributed by atoms with E-state index in [-0.39, 0.29) is 12.0 Å². The van der Waals surface area contributed by atoms with Gasteiger partial charge in [0.05, 0.1) is 5.41 Å². The summed E-state index contributed by atoms with van der Waals surface area (Å²) in [7, 11) is 0. The van der Waals surface area contributed by atoms with E-state index in [2.05, 4.69) is 45.1 Å². The maximum atomic E-state index is 12.7. The Hall–Kier alpha value is -1.35. The Morgan fingerprint density at radius 1 is 1.25 bits per heavy atom. The SMILES string of the molecule is Cc1cc(C)c(CN[C@H]2CCC[C@@]2(C)C(=O)OC(C)(C)C)c(C)c1. The molecule has 1 fully saturated rings. The van der Waals surface area contributed by atoms with Crippen molar-refractivity contribution in [2.75, 3.05) is 0 Å². The van der Waals surface area contributed by atoms with Gasteiger partial charge in [0.15, 0.2) is 0 Å². The van der Waals surface area contributed by atoms with E-state index in [9.17, 15) is 4.79 Å². The van der Waals surface area contributed by atoms with Crippen molar-refractivity contribution in [3.8, 4) is 0 Å². The second kappa shape index (κ2) is 6.87. The Bertz CT molecular complexity index is 592. The number of benzene rings is 1. The number of carbonyl (C=O) groups is 1. The van der Waals surface area contributed by atoms with Crippen LogP contribution in [0, 0.1) is 26.2 Å². The normalized spacial score (nSPS) is 24.2. The van der Waals surface area contributed by atoms with Crippen LogP contribution in [0.4, 0.5) is 0 Å². The average molecular weight is 332 g/mol. The molecule has 1 aromatic rings. The first kappa shape index (κ1) is 19.0. The number of hydrogen-bond donors (Lipinski definition) is 1. The highest BCUT2D eigenvalue weighted by Crippen LogP contribution is 2.40. The first-order valence-electron chi connectivity index (χ1n) is 9.06. The lowest BCUT2D eigenvalue weighted by Gasteiger charge is -2.33. The first-order chi connectivity index (χ1) is 11.0. The number of ether oxygens (including phenoxy) is 1. The lowest BCUT2D eigenvalue weighted by Crippen LogP contribution is -2.47. The molecule has 0 heterocycles. The third-order valence-electron chi connectivity index (χ3n) is 5.19. The van der Waals surface area contributed by atoms with Gasteiger partial charge in [0.25, 0.3) is 0 Å². The molecule has 0 bridgehead atoms. The maximum absolute atomic E-state index is 12.7. The van der Waals surface area contributed by atoms with E-state index >= 15 is 0 Å². The summed E-state index contributed by atoms with van der Waals surface area (Å²) in [5.41, 5.74) is 4.41. The number of aryl methyl sites for hydroxylation is 3. The van der Waals surface area contributed by atoms with Crippen LogP contribution < -0.4 is 5.32 Å². The molecular weight excluding hydrogens is 298 g/mol. The highest BCUT2D eigenvalue weighted by atomic mass is 16.6. The first-order valence-corrected chi connectivity index (χ1v) is 9.06. The summed E-state index contributed by atoms with van der Waals surface area (Å²) in [6.45, 7) is 15.1. The van der Waals surface area contributed by atoms with E-state index in [4.69, 9.17) is 4.74 Å². The van der Waals surface area contributed by atoms with Gasteiger partial charge in [-0.05, 0) is 78.0 Å². The molecule has 2 atom stereocenters. The molecule has 3 nitrogen and oxygen atoms in total. The van der Waals surface area contributed by atoms with Gasteiger partial charge in [-0.3, -0.25) is 4.79 Å². The van der Waals surface area contributed by atoms with Gasteiger partial charge in [-0.1, -0.05) is 24.1 Å². The van der Waals surface area contributed by atoms with Crippen molar-refractivity contribution in [3.63, 3.8) is 0 Å². The molecule has 3 heteroatoms. The van der Waals surface area contributed by atoms with Crippen molar-refractivity contribution in [2.45, 2.75) is 85.9 Å². The molecule has 24 heavy (non-hydrogen) atoms. The summed E-state index contributed by atoms with van der Waals surface area (Å²) in [6.07, 6.45) is 2.99. The molecule has 0 unspecified atom stereocenters. The topological polar surface area (TPSA) is 38.3 Å². The molecule has 134 valence electrons. The highest BCUT2D eigenvalue weighted by molar-refractivity contribution is 5.78. The third kappa shape index (κ3) is 4.18. The quantitative estimate of drug-likeness (QED) is 0.819. The minimum absolute atomic E-state index is 0.0673. The number of hydrogen-bond acceptors (Lipinski definition) is 3. The summed E-state index contributed by atoms with van der Waals surface area (Å²) in [5.74, 6) is -0.0673. The third-order valence-corrected chi connectivity index (χ3v) is 5.19. The van der Waals surface area contributed by atoms with Crippen molar-refractivity contribution < 1.29 is 9.53 Å². The Balaban J connectivity index is 2.10. The Morgan fingerprint density at radius 2 is 1.83 bits per heavy atom. The molecule has 0 aromatic heterocycles. The van der Waals surface area contributed by atoms with E-state index in [1.807, 2.05) is 20.8 Å². The van der Waals surface area contributed by atoms with Gasteiger partial charge in [-0.25, -0.2) is 0 Å². The van der Waals surface area contributed by atoms with Gasteiger partial charge in [-0.2, -0.15) is 0 Å². The van der Waals surface area contributed by atoms with Gasteiger partial charge in [0.1, 0.15) is 5.60 Å². The second-order valence-electron chi connectivity index (χ2n) is 8.62. The second-order valence-corrected chi connectivity index (χ2v) is 8.62. The molecule has 0 radical (unpaired) electrons. The van der Waals surface area contributed by atoms with E-state index < -0.39 is 11.0 Å². The van der Waals surface area contributed by atoms with Crippen molar-refractivity contribution in [2.24, 2.45) is 5.41 Å². The number of esters is 1. The van der Waals surface area contributed by atoms with Crippen molar-refractivity contribution >= 4 is 5.97 Å². The predicted octanol–water partition coefficient (Wildman–Crippen LogP) is 4.60. The summed E-state index contributed by atoms with van der Waals surface area (Å²) < 4.78 is 5.69. The lowest BCUT2D eigenvalue weighted by molar-refractivity contribution is -0.167. The molecular formula is C21H33NO2. The van der Waals surface area contributed by atoms with Crippen LogP contribution in [-0.4, -0.2) is 17.6 Å². The van der Waals surface area contributed by atoms with Crippen LogP contribution in [0.5, 0.6) is 0 Å². The molecule has 1 aliphatic rings. The van der Waals surface area contributed by atoms with Crippen LogP contribution in [-0.2, 0) is 16.1 Å². The monoisotopic (exact) mass is 331 g/mol. The molecule has 0 spiro atoms. The zero-order valence-corrected chi connectivity index (χ0v) is 16.4. The summed E-state index contributed by atoms with van der Waals surface area (Å²) >= 11 is 0. The van der Waals surface area contributed by atoms with E-state index in [1.54, 1.807) is 0 Å². The van der Waals surface area contributed by atoms with Gasteiger partial charge >= 0.3 is 5.97 Å². The zero-order valence-electron chi connectivity index (χ0n) is 16.4. The molecule has 1 saturated carbocycles. The fraction of sp³-hybridized carbons (Fsp3) is 0.667. The fourth-order valence-corrected chi connectivity index (χ4v) is 3.85. The minimum Gasteiger partial charge on any atom is -0.460 e. The average Bonchev–Trinajstić information content (AvgIpc) is 2.78. The zero-order chi connectivity index (χ0) is 18.1. The fourth-order valence-electron chi connectivity index (χ4n) is 3.85.